The molecule has 0 N–H and O–H groups in total. The summed E-state index contributed by atoms with van der Waals surface area (Å²) >= 11 is 0. The Labute approximate surface area is 653 Å². The van der Waals surface area contributed by atoms with E-state index in [2.05, 4.69) is 226 Å². The minimum Gasteiger partial charge on any atom is -0.490 e. The highest BCUT2D eigenvalue weighted by Gasteiger charge is 2.40. The van der Waals surface area contributed by atoms with Crippen molar-refractivity contribution in [2.75, 3.05) is 29.5 Å². The van der Waals surface area contributed by atoms with Gasteiger partial charge in [0.05, 0.1) is 12.2 Å². The molecule has 0 bridgehead atoms. The van der Waals surface area contributed by atoms with Crippen LogP contribution >= 0.6 is 0 Å². The number of carbonyl (C=O) groups excluding carboxylic acids is 2. The van der Waals surface area contributed by atoms with Crippen LogP contribution in [0.25, 0.3) is 0 Å². The summed E-state index contributed by atoms with van der Waals surface area (Å²) in [6.07, 6.45) is 10.5. The summed E-state index contributed by atoms with van der Waals surface area (Å²) in [5, 5.41) is 0. The molecule has 0 saturated carbocycles. The number of para-hydroxylation sites is 5. The first-order valence-corrected chi connectivity index (χ1v) is 39.4. The Bertz CT molecular complexity index is 4420. The molecular formula is C98H122N2O9. The molecule has 0 saturated heterocycles. The zero-order valence-corrected chi connectivity index (χ0v) is 69.1. The maximum absolute atomic E-state index is 13.1. The van der Waals surface area contributed by atoms with Crippen molar-refractivity contribution in [3.05, 3.63) is 267 Å². The van der Waals surface area contributed by atoms with E-state index in [0.717, 1.165) is 140 Å². The van der Waals surface area contributed by atoms with Crippen molar-refractivity contribution in [2.24, 2.45) is 27.1 Å². The number of rotatable bonds is 13. The summed E-state index contributed by atoms with van der Waals surface area (Å²) in [6.45, 7) is 45.5. The SMILES string of the molecule is CC(C)(C)Cc1cccc(C(=O)N2CCOc3ccccc32)c1.CC(C)(C)Cc1cccc2c1OC(C)(C)O2.CC(C)(C)Cc1cccc2c1OC(C)(CCc1ccccc1)O2.CC(C)(C)Cc1cccc2c1OC(C)(CCc1ccccc1)O2.Cc1ccc2c(c1)CCCN2C(=O)c1cccc(CC(C)(C)C)c1. The van der Waals surface area contributed by atoms with Gasteiger partial charge in [-0.3, -0.25) is 9.59 Å². The molecule has 9 aromatic carbocycles. The molecule has 2 atom stereocenters. The molecule has 0 spiro atoms. The first-order chi connectivity index (χ1) is 51.2. The Morgan fingerprint density at radius 1 is 0.367 bits per heavy atom. The fraction of sp³-hybridized carbons (Fsp3) is 0.429. The molecule has 14 rings (SSSR count). The van der Waals surface area contributed by atoms with Crippen LogP contribution < -0.4 is 43.0 Å². The fourth-order valence-electron chi connectivity index (χ4n) is 14.6. The zero-order valence-electron chi connectivity index (χ0n) is 69.1. The van der Waals surface area contributed by atoms with Crippen molar-refractivity contribution in [1.29, 1.82) is 0 Å². The van der Waals surface area contributed by atoms with Crippen LogP contribution in [0.3, 0.4) is 0 Å². The number of fused-ring (bicyclic) bond motifs is 5. The summed E-state index contributed by atoms with van der Waals surface area (Å²) in [7, 11) is 0. The Morgan fingerprint density at radius 2 is 0.752 bits per heavy atom. The van der Waals surface area contributed by atoms with Crippen LogP contribution in [0.15, 0.2) is 206 Å². The fourth-order valence-corrected chi connectivity index (χ4v) is 14.6. The second-order valence-corrected chi connectivity index (χ2v) is 37.0. The van der Waals surface area contributed by atoms with E-state index in [4.69, 9.17) is 33.2 Å². The largest absolute Gasteiger partial charge is 0.490 e. The molecule has 11 heteroatoms. The van der Waals surface area contributed by atoms with Crippen LogP contribution in [0.5, 0.6) is 40.2 Å². The second kappa shape index (κ2) is 34.2. The van der Waals surface area contributed by atoms with Crippen LogP contribution in [0.4, 0.5) is 11.4 Å². The molecule has 5 aliphatic heterocycles. The minimum atomic E-state index is -0.577. The summed E-state index contributed by atoms with van der Waals surface area (Å²) in [5.41, 5.74) is 15.9. The third-order valence-electron chi connectivity index (χ3n) is 19.1. The average Bonchev–Trinajstić information content (AvgIpc) is 1.74. The second-order valence-electron chi connectivity index (χ2n) is 37.0. The lowest BCUT2D eigenvalue weighted by atomic mass is 9.87. The van der Waals surface area contributed by atoms with E-state index in [9.17, 15) is 9.59 Å². The third kappa shape index (κ3) is 24.0. The first-order valence-electron chi connectivity index (χ1n) is 39.4. The molecule has 0 aromatic heterocycles. The zero-order chi connectivity index (χ0) is 78.7. The minimum absolute atomic E-state index is 0.0384. The number of benzene rings is 9. The molecule has 5 aliphatic rings. The third-order valence-corrected chi connectivity index (χ3v) is 19.1. The first kappa shape index (κ1) is 82.0. The molecule has 2 amide bonds. The standard InChI is InChI=1S/C22H27NO.2C21H26O2.C20H23NO2.C14H20O2/c1-16-10-11-20-18(13-16)9-6-12-23(20)21(24)19-8-5-7-17(14-19)15-22(2,3)4;2*1-20(2,3)15-17-11-8-12-18-19(17)23-21(4,22-18)14-13-16-9-6-5-7-10-16;1-20(2,3)14-15-7-6-8-16(13-15)19(22)21-11-12-23-18-10-5-4-9-17(18)21;1-13(2,3)9-10-7-6-8-11-12(10)16-14(4,5)15-11/h5,7-8,10-11,13-14H,6,9,12,15H2,1-4H3;2*5-12H,13-15H2,1-4H3;4-10,13H,11-12,14H2,1-3H3;6-8H,9H2,1-5H3. The van der Waals surface area contributed by atoms with Crippen molar-refractivity contribution < 1.29 is 42.7 Å². The molecule has 11 nitrogen and oxygen atoms in total. The summed E-state index contributed by atoms with van der Waals surface area (Å²) in [5.74, 6) is 4.65. The van der Waals surface area contributed by atoms with E-state index in [-0.39, 0.29) is 38.9 Å². The van der Waals surface area contributed by atoms with Gasteiger partial charge in [-0.05, 0) is 197 Å². The van der Waals surface area contributed by atoms with E-state index in [1.807, 2.05) is 128 Å². The smallest absolute Gasteiger partial charge is 0.258 e. The van der Waals surface area contributed by atoms with Crippen molar-refractivity contribution in [1.82, 2.24) is 0 Å². The maximum Gasteiger partial charge on any atom is 0.258 e. The molecule has 109 heavy (non-hydrogen) atoms. The van der Waals surface area contributed by atoms with Gasteiger partial charge in [0.2, 0.25) is 17.4 Å². The maximum atomic E-state index is 13.1. The number of ether oxygens (including phenoxy) is 7. The van der Waals surface area contributed by atoms with E-state index < -0.39 is 17.4 Å². The lowest BCUT2D eigenvalue weighted by Gasteiger charge is -2.30. The number of nitrogens with zero attached hydrogens (tertiary/aromatic N) is 2. The monoisotopic (exact) mass is 1470 g/mol. The van der Waals surface area contributed by atoms with E-state index in [1.165, 1.54) is 50.1 Å². The number of hydrogen-bond donors (Lipinski definition) is 0. The highest BCUT2D eigenvalue weighted by Crippen LogP contribution is 2.48. The Hall–Kier alpha value is -9.48. The molecule has 0 fully saturated rings. The van der Waals surface area contributed by atoms with E-state index in [0.29, 0.717) is 13.2 Å². The number of amides is 2. The summed E-state index contributed by atoms with van der Waals surface area (Å²) in [6, 6.07) is 69.8. The van der Waals surface area contributed by atoms with Gasteiger partial charge in [-0.15, -0.1) is 0 Å². The predicted octanol–water partition coefficient (Wildman–Crippen LogP) is 24.1. The predicted molar refractivity (Wildman–Crippen MR) is 447 cm³/mol. The molecule has 0 radical (unpaired) electrons. The van der Waals surface area contributed by atoms with Crippen LogP contribution in [0.2, 0.25) is 0 Å². The van der Waals surface area contributed by atoms with Gasteiger partial charge in [0, 0.05) is 63.9 Å². The number of anilines is 2. The quantitative estimate of drug-likeness (QED) is 0.112. The highest BCUT2D eigenvalue weighted by atomic mass is 16.7. The van der Waals surface area contributed by atoms with Gasteiger partial charge in [0.25, 0.3) is 11.8 Å². The lowest BCUT2D eigenvalue weighted by molar-refractivity contribution is -0.0685. The normalized spacial score (nSPS) is 17.1. The van der Waals surface area contributed by atoms with Gasteiger partial charge < -0.3 is 43.0 Å². The van der Waals surface area contributed by atoms with Crippen molar-refractivity contribution in [3.63, 3.8) is 0 Å². The Kier molecular flexibility index (Phi) is 25.7. The lowest BCUT2D eigenvalue weighted by Crippen LogP contribution is -2.37. The van der Waals surface area contributed by atoms with Gasteiger partial charge in [-0.1, -0.05) is 255 Å². The summed E-state index contributed by atoms with van der Waals surface area (Å²) in [4.78, 5) is 29.8. The van der Waals surface area contributed by atoms with Gasteiger partial charge in [-0.2, -0.15) is 0 Å². The molecule has 2 unspecified atom stereocenters. The van der Waals surface area contributed by atoms with E-state index in [1.54, 1.807) is 0 Å². The van der Waals surface area contributed by atoms with Crippen LogP contribution in [-0.4, -0.2) is 48.9 Å². The van der Waals surface area contributed by atoms with E-state index >= 15 is 0 Å². The van der Waals surface area contributed by atoms with Gasteiger partial charge >= 0.3 is 0 Å². The van der Waals surface area contributed by atoms with Crippen LogP contribution in [0, 0.1) is 34.0 Å². The van der Waals surface area contributed by atoms with Gasteiger partial charge in [0.1, 0.15) is 12.4 Å². The van der Waals surface area contributed by atoms with Crippen LogP contribution in [-0.2, 0) is 51.4 Å². The highest BCUT2D eigenvalue weighted by molar-refractivity contribution is 6.08. The van der Waals surface area contributed by atoms with Crippen LogP contribution in [0.1, 0.15) is 222 Å². The van der Waals surface area contributed by atoms with Crippen molar-refractivity contribution >= 4 is 23.2 Å². The average molecular weight is 1470 g/mol. The number of aryl methyl sites for hydroxylation is 4. The van der Waals surface area contributed by atoms with Crippen molar-refractivity contribution in [3.8, 4) is 40.2 Å². The summed E-state index contributed by atoms with van der Waals surface area (Å²) < 4.78 is 42.1. The molecule has 578 valence electrons. The Morgan fingerprint density at radius 3 is 1.20 bits per heavy atom. The molecule has 5 heterocycles. The number of carbonyl (C=O) groups is 2. The van der Waals surface area contributed by atoms with Gasteiger partial charge in [0.15, 0.2) is 34.5 Å². The topological polar surface area (TPSA) is 105 Å². The Balaban J connectivity index is 0.000000146. The molecule has 0 aliphatic carbocycles. The number of hydrogen-bond acceptors (Lipinski definition) is 9. The van der Waals surface area contributed by atoms with Crippen molar-refractivity contribution in [2.45, 2.75) is 226 Å². The molecular weight excluding hydrogens is 1350 g/mol. The molecule has 9 aromatic rings. The van der Waals surface area contributed by atoms with Gasteiger partial charge in [-0.25, -0.2) is 0 Å².